The molecule has 69 heavy (non-hydrogen) atoms. The summed E-state index contributed by atoms with van der Waals surface area (Å²) < 4.78 is 34.3. The first kappa shape index (κ1) is 63.1. The molecule has 0 aromatic heterocycles. The Kier molecular flexibility index (Phi) is 38.8. The summed E-state index contributed by atoms with van der Waals surface area (Å²) in [7, 11) is 0. The van der Waals surface area contributed by atoms with Gasteiger partial charge in [0.25, 0.3) is 0 Å². The van der Waals surface area contributed by atoms with Crippen LogP contribution in [-0.4, -0.2) is 142 Å². The fraction of sp³-hybridized carbons (Fsp3) is 0.836. The second-order valence-corrected chi connectivity index (χ2v) is 19.0. The minimum absolute atomic E-state index is 0.0551. The minimum Gasteiger partial charge on any atom is -0.457 e. The number of carbonyl (C=O) groups is 1. The molecular weight excluding hydrogens is 885 g/mol. The van der Waals surface area contributed by atoms with Crippen molar-refractivity contribution >= 4 is 5.97 Å². The van der Waals surface area contributed by atoms with Crippen LogP contribution in [0, 0.1) is 0 Å². The van der Waals surface area contributed by atoms with Gasteiger partial charge in [0.2, 0.25) is 0 Å². The van der Waals surface area contributed by atoms with Crippen molar-refractivity contribution in [1.29, 1.82) is 0 Å². The van der Waals surface area contributed by atoms with Crippen LogP contribution in [0.15, 0.2) is 48.6 Å². The molecule has 2 heterocycles. The lowest BCUT2D eigenvalue weighted by molar-refractivity contribution is -0.332. The molecule has 0 aromatic carbocycles. The monoisotopic (exact) mass is 983 g/mol. The molecule has 11 atom stereocenters. The summed E-state index contributed by atoms with van der Waals surface area (Å²) in [5, 5.41) is 72.2. The zero-order chi connectivity index (χ0) is 50.2. The molecule has 0 spiro atoms. The van der Waals surface area contributed by atoms with Gasteiger partial charge in [0.05, 0.1) is 26.4 Å². The standard InChI is InChI=1S/C55H98O14/c1-3-5-7-9-11-13-15-17-19-20-21-22-23-25-27-29-31-33-35-37-39-64-41-44(67-47(57)38-36-34-32-30-28-26-24-18-16-14-12-10-8-6-4-2)42-65-54-53(63)51(61)49(59)46(69-54)43-66-55-52(62)50(60)48(58)45(40-56)68-55/h5,7,11,13,17,19,21-22,44-46,48-56,58-63H,3-4,6,8-10,12,14-16,18,20,23-43H2,1-2H3/b7-5-,13-11-,19-17-,22-21-. The Morgan fingerprint density at radius 3 is 1.48 bits per heavy atom. The molecule has 0 aliphatic carbocycles. The zero-order valence-corrected chi connectivity index (χ0v) is 42.8. The van der Waals surface area contributed by atoms with E-state index >= 15 is 0 Å². The van der Waals surface area contributed by atoms with Gasteiger partial charge in [0.1, 0.15) is 54.9 Å². The van der Waals surface area contributed by atoms with Gasteiger partial charge in [-0.25, -0.2) is 0 Å². The normalized spacial score (nSPS) is 26.0. The van der Waals surface area contributed by atoms with Crippen LogP contribution in [-0.2, 0) is 33.2 Å². The second-order valence-electron chi connectivity index (χ2n) is 19.0. The first-order chi connectivity index (χ1) is 33.6. The number of carbonyl (C=O) groups excluding carboxylic acids is 1. The number of hydrogen-bond donors (Lipinski definition) is 7. The van der Waals surface area contributed by atoms with Crippen molar-refractivity contribution < 1.29 is 69.0 Å². The van der Waals surface area contributed by atoms with Crippen LogP contribution in [0.3, 0.4) is 0 Å². The lowest BCUT2D eigenvalue weighted by Crippen LogP contribution is -2.61. The third-order valence-electron chi connectivity index (χ3n) is 12.9. The Balaban J connectivity index is 1.74. The number of hydrogen-bond acceptors (Lipinski definition) is 14. The first-order valence-electron chi connectivity index (χ1n) is 27.2. The van der Waals surface area contributed by atoms with Gasteiger partial charge < -0.3 is 64.2 Å². The summed E-state index contributed by atoms with van der Waals surface area (Å²) in [5.41, 5.74) is 0. The van der Waals surface area contributed by atoms with Crippen LogP contribution >= 0.6 is 0 Å². The van der Waals surface area contributed by atoms with Gasteiger partial charge in [-0.05, 0) is 51.4 Å². The van der Waals surface area contributed by atoms with Crippen molar-refractivity contribution in [1.82, 2.24) is 0 Å². The van der Waals surface area contributed by atoms with Crippen LogP contribution in [0.5, 0.6) is 0 Å². The van der Waals surface area contributed by atoms with E-state index in [0.717, 1.165) is 70.6 Å². The molecule has 0 amide bonds. The maximum absolute atomic E-state index is 13.0. The Labute approximate surface area is 416 Å². The Morgan fingerprint density at radius 2 is 0.942 bits per heavy atom. The number of rotatable bonds is 43. The predicted molar refractivity (Wildman–Crippen MR) is 270 cm³/mol. The predicted octanol–water partition coefficient (Wildman–Crippen LogP) is 8.74. The smallest absolute Gasteiger partial charge is 0.306 e. The van der Waals surface area contributed by atoms with E-state index in [1.807, 2.05) is 0 Å². The average molecular weight is 983 g/mol. The minimum atomic E-state index is -1.71. The van der Waals surface area contributed by atoms with E-state index < -0.39 is 80.7 Å². The maximum atomic E-state index is 13.0. The second kappa shape index (κ2) is 42.5. The summed E-state index contributed by atoms with van der Waals surface area (Å²) in [6.45, 7) is 3.56. The molecule has 0 radical (unpaired) electrons. The number of aliphatic hydroxyl groups is 7. The fourth-order valence-corrected chi connectivity index (χ4v) is 8.45. The number of aliphatic hydroxyl groups excluding tert-OH is 7. The van der Waals surface area contributed by atoms with Crippen LogP contribution in [0.1, 0.15) is 194 Å². The Morgan fingerprint density at radius 1 is 0.493 bits per heavy atom. The highest BCUT2D eigenvalue weighted by Gasteiger charge is 2.47. The van der Waals surface area contributed by atoms with Crippen LogP contribution < -0.4 is 0 Å². The van der Waals surface area contributed by atoms with Crippen LogP contribution in [0.2, 0.25) is 0 Å². The van der Waals surface area contributed by atoms with Gasteiger partial charge >= 0.3 is 5.97 Å². The molecule has 7 N–H and O–H groups in total. The molecule has 0 bridgehead atoms. The van der Waals surface area contributed by atoms with E-state index in [2.05, 4.69) is 62.5 Å². The zero-order valence-electron chi connectivity index (χ0n) is 42.8. The van der Waals surface area contributed by atoms with Crippen LogP contribution in [0.25, 0.3) is 0 Å². The van der Waals surface area contributed by atoms with E-state index in [1.165, 1.54) is 96.3 Å². The van der Waals surface area contributed by atoms with E-state index in [9.17, 15) is 40.5 Å². The number of unbranched alkanes of at least 4 members (excludes halogenated alkanes) is 21. The van der Waals surface area contributed by atoms with Crippen LogP contribution in [0.4, 0.5) is 0 Å². The molecule has 14 nitrogen and oxygen atoms in total. The summed E-state index contributed by atoms with van der Waals surface area (Å²) in [6.07, 6.45) is 33.1. The van der Waals surface area contributed by atoms with Gasteiger partial charge in [-0.1, -0.05) is 184 Å². The molecule has 0 saturated carbocycles. The average Bonchev–Trinajstić information content (AvgIpc) is 3.35. The van der Waals surface area contributed by atoms with E-state index in [-0.39, 0.29) is 25.6 Å². The molecule has 2 aliphatic heterocycles. The lowest BCUT2D eigenvalue weighted by atomic mass is 9.98. The topological polar surface area (TPSA) is 214 Å². The third kappa shape index (κ3) is 29.9. The quantitative estimate of drug-likeness (QED) is 0.0173. The number of allylic oxidation sites excluding steroid dienone is 8. The van der Waals surface area contributed by atoms with Crippen molar-refractivity contribution in [2.24, 2.45) is 0 Å². The summed E-state index contributed by atoms with van der Waals surface area (Å²) in [4.78, 5) is 13.0. The van der Waals surface area contributed by atoms with Gasteiger partial charge in [0.15, 0.2) is 12.6 Å². The number of esters is 1. The van der Waals surface area contributed by atoms with E-state index in [1.54, 1.807) is 0 Å². The van der Waals surface area contributed by atoms with Crippen molar-refractivity contribution in [3.8, 4) is 0 Å². The van der Waals surface area contributed by atoms with Gasteiger partial charge in [-0.15, -0.1) is 0 Å². The molecule has 2 saturated heterocycles. The molecule has 2 fully saturated rings. The summed E-state index contributed by atoms with van der Waals surface area (Å²) in [6, 6.07) is 0. The SMILES string of the molecule is CC/C=C\C/C=C\C/C=C\C/C=C\CCCCCCCCCOCC(COC1OC(COC2OC(CO)C(O)C(O)C2O)C(O)C(O)C1O)OC(=O)CCCCCCCCCCCCCCCCC. The highest BCUT2D eigenvalue weighted by atomic mass is 16.7. The summed E-state index contributed by atoms with van der Waals surface area (Å²) in [5.74, 6) is -0.379. The third-order valence-corrected chi connectivity index (χ3v) is 12.9. The highest BCUT2D eigenvalue weighted by Crippen LogP contribution is 2.26. The molecule has 402 valence electrons. The largest absolute Gasteiger partial charge is 0.457 e. The molecule has 2 aliphatic rings. The lowest BCUT2D eigenvalue weighted by Gasteiger charge is -2.42. The highest BCUT2D eigenvalue weighted by molar-refractivity contribution is 5.69. The Bertz CT molecular complexity index is 1320. The summed E-state index contributed by atoms with van der Waals surface area (Å²) >= 11 is 0. The van der Waals surface area contributed by atoms with Crippen molar-refractivity contribution in [3.05, 3.63) is 48.6 Å². The van der Waals surface area contributed by atoms with Gasteiger partial charge in [-0.3, -0.25) is 4.79 Å². The van der Waals surface area contributed by atoms with Crippen molar-refractivity contribution in [3.63, 3.8) is 0 Å². The molecule has 0 aromatic rings. The molecule has 14 heteroatoms. The van der Waals surface area contributed by atoms with Crippen molar-refractivity contribution in [2.75, 3.05) is 33.0 Å². The molecule has 11 unspecified atom stereocenters. The van der Waals surface area contributed by atoms with Gasteiger partial charge in [0, 0.05) is 13.0 Å². The number of ether oxygens (including phenoxy) is 6. The Hall–Kier alpha value is -2.05. The van der Waals surface area contributed by atoms with E-state index in [4.69, 9.17) is 28.4 Å². The molecule has 2 rings (SSSR count). The fourth-order valence-electron chi connectivity index (χ4n) is 8.45. The van der Waals surface area contributed by atoms with Gasteiger partial charge in [-0.2, -0.15) is 0 Å². The maximum Gasteiger partial charge on any atom is 0.306 e. The first-order valence-corrected chi connectivity index (χ1v) is 27.2. The van der Waals surface area contributed by atoms with Crippen molar-refractivity contribution in [2.45, 2.75) is 261 Å². The van der Waals surface area contributed by atoms with E-state index in [0.29, 0.717) is 13.0 Å². The molecular formula is C55H98O14.